The zero-order valence-corrected chi connectivity index (χ0v) is 20.0. The standard InChI is InChI=1S/C25H34N2O3S/c1-18(2)14-26-25(29)20(4)27(15-21-9-11-23(30-5)12-10-21)24(28)17-31-16-22-8-6-7-19(3)13-22/h6-13,18,20H,14-17H2,1-5H3,(H,26,29). The molecule has 2 amide bonds. The van der Waals surface area contributed by atoms with E-state index in [-0.39, 0.29) is 11.8 Å². The van der Waals surface area contributed by atoms with Gasteiger partial charge in [-0.2, -0.15) is 0 Å². The first-order chi connectivity index (χ1) is 14.8. The fourth-order valence-corrected chi connectivity index (χ4v) is 3.96. The largest absolute Gasteiger partial charge is 0.497 e. The summed E-state index contributed by atoms with van der Waals surface area (Å²) in [6, 6.07) is 15.3. The van der Waals surface area contributed by atoms with Crippen LogP contribution in [0.1, 0.15) is 37.5 Å². The monoisotopic (exact) mass is 442 g/mol. The van der Waals surface area contributed by atoms with Crippen molar-refractivity contribution in [2.45, 2.75) is 46.0 Å². The number of carbonyl (C=O) groups is 2. The predicted octanol–water partition coefficient (Wildman–Crippen LogP) is 4.43. The van der Waals surface area contributed by atoms with Gasteiger partial charge in [-0.3, -0.25) is 9.59 Å². The van der Waals surface area contributed by atoms with Crippen molar-refractivity contribution < 1.29 is 14.3 Å². The number of nitrogens with one attached hydrogen (secondary N) is 1. The van der Waals surface area contributed by atoms with Crippen LogP contribution in [0, 0.1) is 12.8 Å². The number of carbonyl (C=O) groups excluding carboxylic acids is 2. The minimum Gasteiger partial charge on any atom is -0.497 e. The molecule has 0 aliphatic heterocycles. The highest BCUT2D eigenvalue weighted by molar-refractivity contribution is 7.99. The molecular formula is C25H34N2O3S. The Balaban J connectivity index is 2.06. The van der Waals surface area contributed by atoms with Gasteiger partial charge in [0.15, 0.2) is 0 Å². The number of rotatable bonds is 11. The quantitative estimate of drug-likeness (QED) is 0.559. The van der Waals surface area contributed by atoms with Crippen LogP contribution in [0.3, 0.4) is 0 Å². The van der Waals surface area contributed by atoms with Crippen molar-refractivity contribution in [2.75, 3.05) is 19.4 Å². The maximum Gasteiger partial charge on any atom is 0.242 e. The number of hydrogen-bond donors (Lipinski definition) is 1. The molecule has 0 aromatic heterocycles. The Morgan fingerprint density at radius 1 is 1.06 bits per heavy atom. The summed E-state index contributed by atoms with van der Waals surface area (Å²) in [4.78, 5) is 27.5. The Hall–Kier alpha value is -2.47. The van der Waals surface area contributed by atoms with Crippen molar-refractivity contribution in [3.05, 3.63) is 65.2 Å². The van der Waals surface area contributed by atoms with Crippen LogP contribution < -0.4 is 10.1 Å². The van der Waals surface area contributed by atoms with Crippen molar-refractivity contribution in [3.63, 3.8) is 0 Å². The first-order valence-corrected chi connectivity index (χ1v) is 11.8. The Labute approximate surface area is 190 Å². The minimum absolute atomic E-state index is 0.0410. The van der Waals surface area contributed by atoms with E-state index in [1.165, 1.54) is 11.1 Å². The fourth-order valence-electron chi connectivity index (χ4n) is 3.10. The Morgan fingerprint density at radius 3 is 2.39 bits per heavy atom. The maximum absolute atomic E-state index is 13.1. The van der Waals surface area contributed by atoms with E-state index in [0.29, 0.717) is 24.8 Å². The molecule has 0 radical (unpaired) electrons. The Bertz CT molecular complexity index is 852. The van der Waals surface area contributed by atoms with Gasteiger partial charge in [0.2, 0.25) is 11.8 Å². The van der Waals surface area contributed by atoms with Crippen LogP contribution >= 0.6 is 11.8 Å². The third-order valence-corrected chi connectivity index (χ3v) is 5.93. The topological polar surface area (TPSA) is 58.6 Å². The van der Waals surface area contributed by atoms with Crippen LogP contribution in [0.5, 0.6) is 5.75 Å². The molecule has 168 valence electrons. The maximum atomic E-state index is 13.1. The second-order valence-corrected chi connectivity index (χ2v) is 9.15. The van der Waals surface area contributed by atoms with Gasteiger partial charge >= 0.3 is 0 Å². The second kappa shape index (κ2) is 12.4. The van der Waals surface area contributed by atoms with E-state index in [1.807, 2.05) is 44.2 Å². The number of aryl methyl sites for hydroxylation is 1. The summed E-state index contributed by atoms with van der Waals surface area (Å²) in [6.45, 7) is 8.93. The number of thioether (sulfide) groups is 1. The Kier molecular flexibility index (Phi) is 9.92. The van der Waals surface area contributed by atoms with E-state index >= 15 is 0 Å². The molecular weight excluding hydrogens is 408 g/mol. The van der Waals surface area contributed by atoms with Crippen molar-refractivity contribution in [2.24, 2.45) is 5.92 Å². The van der Waals surface area contributed by atoms with Crippen LogP contribution in [0.15, 0.2) is 48.5 Å². The van der Waals surface area contributed by atoms with Gasteiger partial charge in [0.05, 0.1) is 12.9 Å². The lowest BCUT2D eigenvalue weighted by Crippen LogP contribution is -2.48. The number of methoxy groups -OCH3 is 1. The van der Waals surface area contributed by atoms with E-state index in [4.69, 9.17) is 4.74 Å². The summed E-state index contributed by atoms with van der Waals surface area (Å²) < 4.78 is 5.22. The van der Waals surface area contributed by atoms with Crippen LogP contribution in [0.4, 0.5) is 0 Å². The molecule has 0 saturated carbocycles. The molecule has 0 aliphatic carbocycles. The van der Waals surface area contributed by atoms with Gasteiger partial charge in [-0.05, 0) is 43.0 Å². The summed E-state index contributed by atoms with van der Waals surface area (Å²) in [5.41, 5.74) is 3.37. The van der Waals surface area contributed by atoms with Gasteiger partial charge in [0.25, 0.3) is 0 Å². The normalized spacial score (nSPS) is 11.8. The minimum atomic E-state index is -0.548. The molecule has 31 heavy (non-hydrogen) atoms. The first-order valence-electron chi connectivity index (χ1n) is 10.6. The van der Waals surface area contributed by atoms with Crippen molar-refractivity contribution in [1.29, 1.82) is 0 Å². The number of benzene rings is 2. The van der Waals surface area contributed by atoms with Crippen LogP contribution in [-0.2, 0) is 21.9 Å². The molecule has 1 unspecified atom stereocenters. The third-order valence-electron chi connectivity index (χ3n) is 4.94. The van der Waals surface area contributed by atoms with E-state index in [1.54, 1.807) is 30.7 Å². The molecule has 2 rings (SSSR count). The highest BCUT2D eigenvalue weighted by Crippen LogP contribution is 2.18. The lowest BCUT2D eigenvalue weighted by atomic mass is 10.1. The second-order valence-electron chi connectivity index (χ2n) is 8.17. The third kappa shape index (κ3) is 8.29. The van der Waals surface area contributed by atoms with E-state index in [9.17, 15) is 9.59 Å². The molecule has 2 aromatic rings. The van der Waals surface area contributed by atoms with Gasteiger partial charge in [-0.15, -0.1) is 11.8 Å². The average molecular weight is 443 g/mol. The van der Waals surface area contributed by atoms with Gasteiger partial charge in [-0.1, -0.05) is 55.8 Å². The van der Waals surface area contributed by atoms with Crippen LogP contribution in [-0.4, -0.2) is 42.2 Å². The van der Waals surface area contributed by atoms with E-state index in [2.05, 4.69) is 30.4 Å². The van der Waals surface area contributed by atoms with E-state index in [0.717, 1.165) is 17.1 Å². The van der Waals surface area contributed by atoms with Gasteiger partial charge in [-0.25, -0.2) is 0 Å². The van der Waals surface area contributed by atoms with E-state index < -0.39 is 6.04 Å². The first kappa shape index (κ1) is 24.8. The summed E-state index contributed by atoms with van der Waals surface area (Å²) in [5, 5.41) is 2.95. The SMILES string of the molecule is COc1ccc(CN(C(=O)CSCc2cccc(C)c2)C(C)C(=O)NCC(C)C)cc1. The smallest absolute Gasteiger partial charge is 0.242 e. The van der Waals surface area contributed by atoms with Gasteiger partial charge < -0.3 is 15.0 Å². The van der Waals surface area contributed by atoms with Gasteiger partial charge in [0.1, 0.15) is 11.8 Å². The summed E-state index contributed by atoms with van der Waals surface area (Å²) in [6.07, 6.45) is 0. The van der Waals surface area contributed by atoms with Crippen LogP contribution in [0.2, 0.25) is 0 Å². The molecule has 1 atom stereocenters. The molecule has 2 aromatic carbocycles. The zero-order valence-electron chi connectivity index (χ0n) is 19.2. The zero-order chi connectivity index (χ0) is 22.8. The molecule has 1 N–H and O–H groups in total. The Morgan fingerprint density at radius 2 is 1.77 bits per heavy atom. The highest BCUT2D eigenvalue weighted by atomic mass is 32.2. The predicted molar refractivity (Wildman–Crippen MR) is 128 cm³/mol. The lowest BCUT2D eigenvalue weighted by molar-refractivity contribution is -0.138. The molecule has 6 heteroatoms. The highest BCUT2D eigenvalue weighted by Gasteiger charge is 2.26. The lowest BCUT2D eigenvalue weighted by Gasteiger charge is -2.29. The molecule has 0 saturated heterocycles. The number of hydrogen-bond acceptors (Lipinski definition) is 4. The van der Waals surface area contributed by atoms with Crippen molar-refractivity contribution >= 4 is 23.6 Å². The molecule has 5 nitrogen and oxygen atoms in total. The number of ether oxygens (including phenoxy) is 1. The molecule has 0 fully saturated rings. The average Bonchev–Trinajstić information content (AvgIpc) is 2.75. The summed E-state index contributed by atoms with van der Waals surface area (Å²) in [7, 11) is 1.62. The fraction of sp³-hybridized carbons (Fsp3) is 0.440. The number of nitrogens with zero attached hydrogens (tertiary/aromatic N) is 1. The molecule has 0 bridgehead atoms. The van der Waals surface area contributed by atoms with Crippen LogP contribution in [0.25, 0.3) is 0 Å². The van der Waals surface area contributed by atoms with Crippen molar-refractivity contribution in [1.82, 2.24) is 10.2 Å². The molecule has 0 aliphatic rings. The van der Waals surface area contributed by atoms with Gasteiger partial charge in [0, 0.05) is 18.8 Å². The molecule has 0 heterocycles. The molecule has 0 spiro atoms. The summed E-state index contributed by atoms with van der Waals surface area (Å²) >= 11 is 1.57. The summed E-state index contributed by atoms with van der Waals surface area (Å²) in [5.74, 6) is 2.04. The van der Waals surface area contributed by atoms with Crippen molar-refractivity contribution in [3.8, 4) is 5.75 Å². The number of amides is 2.